The lowest BCUT2D eigenvalue weighted by atomic mass is 10.2. The fourth-order valence-electron chi connectivity index (χ4n) is 1.81. The first-order chi connectivity index (χ1) is 11.7. The van der Waals surface area contributed by atoms with Crippen LogP contribution in [0.5, 0.6) is 17.2 Å². The molecule has 24 heavy (non-hydrogen) atoms. The highest BCUT2D eigenvalue weighted by Gasteiger charge is 2.07. The number of para-hydroxylation sites is 1. The molecule has 0 atom stereocenters. The molecule has 0 aliphatic heterocycles. The lowest BCUT2D eigenvalue weighted by Gasteiger charge is -2.09. The van der Waals surface area contributed by atoms with Crippen LogP contribution in [0, 0.1) is 6.92 Å². The predicted molar refractivity (Wildman–Crippen MR) is 97.0 cm³/mol. The van der Waals surface area contributed by atoms with Crippen molar-refractivity contribution >= 4 is 0 Å². The first kappa shape index (κ1) is 19.2. The van der Waals surface area contributed by atoms with Gasteiger partial charge in [0.05, 0.1) is 5.69 Å². The highest BCUT2D eigenvalue weighted by Crippen LogP contribution is 2.32. The van der Waals surface area contributed by atoms with Crippen LogP contribution in [-0.4, -0.2) is 19.9 Å². The Hall–Kier alpha value is -2.82. The summed E-state index contributed by atoms with van der Waals surface area (Å²) in [5, 5.41) is 14.1. The van der Waals surface area contributed by atoms with Crippen LogP contribution in [0.15, 0.2) is 54.9 Å². The van der Waals surface area contributed by atoms with Gasteiger partial charge in [-0.2, -0.15) is 5.10 Å². The number of nitrogens with zero attached hydrogens (tertiary/aromatic N) is 3. The van der Waals surface area contributed by atoms with E-state index in [4.69, 9.17) is 4.74 Å². The second-order valence-electron chi connectivity index (χ2n) is 4.30. The molecule has 2 aromatic carbocycles. The first-order valence-corrected chi connectivity index (χ1v) is 8.17. The molecule has 0 radical (unpaired) electrons. The Labute approximate surface area is 143 Å². The zero-order chi connectivity index (χ0) is 17.9. The Morgan fingerprint density at radius 3 is 2.21 bits per heavy atom. The van der Waals surface area contributed by atoms with E-state index in [9.17, 15) is 5.11 Å². The summed E-state index contributed by atoms with van der Waals surface area (Å²) in [7, 11) is 0. The summed E-state index contributed by atoms with van der Waals surface area (Å²) in [4.78, 5) is 4.08. The predicted octanol–water partition coefficient (Wildman–Crippen LogP) is 5.13. The van der Waals surface area contributed by atoms with E-state index in [2.05, 4.69) is 10.1 Å². The summed E-state index contributed by atoms with van der Waals surface area (Å²) in [5.74, 6) is 1.80. The topological polar surface area (TPSA) is 60.2 Å². The molecule has 3 rings (SSSR count). The third-order valence-corrected chi connectivity index (χ3v) is 2.79. The van der Waals surface area contributed by atoms with E-state index in [1.165, 1.54) is 0 Å². The van der Waals surface area contributed by atoms with E-state index in [0.29, 0.717) is 17.3 Å². The third-order valence-electron chi connectivity index (χ3n) is 2.79. The molecule has 3 aromatic rings. The van der Waals surface area contributed by atoms with Crippen LogP contribution in [-0.2, 0) is 0 Å². The van der Waals surface area contributed by atoms with Crippen molar-refractivity contribution in [3.8, 4) is 22.9 Å². The largest absolute Gasteiger partial charge is 0.504 e. The SMILES string of the molecule is CC.CC.Cc1ncn(-c2ccc(O)c(Oc3ccccc3)c2)n1. The molecule has 0 aliphatic carbocycles. The van der Waals surface area contributed by atoms with Gasteiger partial charge in [-0.05, 0) is 31.2 Å². The van der Waals surface area contributed by atoms with Crippen molar-refractivity contribution in [3.63, 3.8) is 0 Å². The number of hydrogen-bond acceptors (Lipinski definition) is 4. The Morgan fingerprint density at radius 1 is 0.958 bits per heavy atom. The molecule has 0 saturated carbocycles. The average Bonchev–Trinajstić information content (AvgIpc) is 3.08. The lowest BCUT2D eigenvalue weighted by Crippen LogP contribution is -1.95. The summed E-state index contributed by atoms with van der Waals surface area (Å²) in [6.45, 7) is 9.82. The zero-order valence-electron chi connectivity index (χ0n) is 14.9. The van der Waals surface area contributed by atoms with Gasteiger partial charge in [0.2, 0.25) is 0 Å². The van der Waals surface area contributed by atoms with Crippen LogP contribution < -0.4 is 4.74 Å². The van der Waals surface area contributed by atoms with Gasteiger partial charge in [-0.3, -0.25) is 0 Å². The fraction of sp³-hybridized carbons (Fsp3) is 0.263. The van der Waals surface area contributed by atoms with Gasteiger partial charge >= 0.3 is 0 Å². The Balaban J connectivity index is 0.000000671. The first-order valence-electron chi connectivity index (χ1n) is 8.17. The molecule has 1 N–H and O–H groups in total. The summed E-state index contributed by atoms with van der Waals surface area (Å²) < 4.78 is 7.30. The van der Waals surface area contributed by atoms with E-state index >= 15 is 0 Å². The highest BCUT2D eigenvalue weighted by atomic mass is 16.5. The van der Waals surface area contributed by atoms with E-state index in [1.807, 2.05) is 65.0 Å². The van der Waals surface area contributed by atoms with Gasteiger partial charge in [-0.15, -0.1) is 0 Å². The number of rotatable bonds is 3. The quantitative estimate of drug-likeness (QED) is 0.725. The smallest absolute Gasteiger partial charge is 0.171 e. The van der Waals surface area contributed by atoms with Crippen molar-refractivity contribution in [3.05, 3.63) is 60.7 Å². The Kier molecular flexibility index (Phi) is 8.05. The molecule has 0 unspecified atom stereocenters. The number of ether oxygens (including phenoxy) is 1. The third kappa shape index (κ3) is 5.12. The molecule has 128 valence electrons. The number of aromatic nitrogens is 3. The summed E-state index contributed by atoms with van der Waals surface area (Å²) >= 11 is 0. The maximum atomic E-state index is 9.88. The highest BCUT2D eigenvalue weighted by molar-refractivity contribution is 5.49. The summed E-state index contributed by atoms with van der Waals surface area (Å²) in [5.41, 5.74) is 0.773. The fourth-order valence-corrected chi connectivity index (χ4v) is 1.81. The van der Waals surface area contributed by atoms with Crippen molar-refractivity contribution in [1.29, 1.82) is 0 Å². The number of phenols is 1. The van der Waals surface area contributed by atoms with Gasteiger partial charge in [0.15, 0.2) is 11.5 Å². The van der Waals surface area contributed by atoms with Crippen LogP contribution >= 0.6 is 0 Å². The second kappa shape index (κ2) is 10.0. The monoisotopic (exact) mass is 327 g/mol. The van der Waals surface area contributed by atoms with Crippen molar-refractivity contribution in [2.45, 2.75) is 34.6 Å². The van der Waals surface area contributed by atoms with Gasteiger partial charge < -0.3 is 9.84 Å². The number of benzene rings is 2. The molecule has 0 amide bonds. The van der Waals surface area contributed by atoms with E-state index in [-0.39, 0.29) is 5.75 Å². The minimum absolute atomic E-state index is 0.0782. The van der Waals surface area contributed by atoms with Crippen LogP contribution in [0.1, 0.15) is 33.5 Å². The van der Waals surface area contributed by atoms with Gasteiger partial charge in [-0.25, -0.2) is 9.67 Å². The summed E-state index contributed by atoms with van der Waals surface area (Å²) in [6, 6.07) is 14.3. The minimum atomic E-state index is 0.0782. The molecule has 0 aliphatic rings. The van der Waals surface area contributed by atoms with E-state index in [1.54, 1.807) is 29.2 Å². The lowest BCUT2D eigenvalue weighted by molar-refractivity contribution is 0.411. The number of phenolic OH excluding ortho intramolecular Hbond substituents is 1. The molecule has 0 spiro atoms. The maximum absolute atomic E-state index is 9.88. The molecule has 5 heteroatoms. The van der Waals surface area contributed by atoms with Crippen LogP contribution in [0.2, 0.25) is 0 Å². The molecule has 0 bridgehead atoms. The maximum Gasteiger partial charge on any atom is 0.171 e. The van der Waals surface area contributed by atoms with Crippen LogP contribution in [0.4, 0.5) is 0 Å². The minimum Gasteiger partial charge on any atom is -0.504 e. The number of aryl methyl sites for hydroxylation is 1. The zero-order valence-corrected chi connectivity index (χ0v) is 14.9. The van der Waals surface area contributed by atoms with Gasteiger partial charge in [0, 0.05) is 6.07 Å². The van der Waals surface area contributed by atoms with Crippen LogP contribution in [0.3, 0.4) is 0 Å². The molecule has 1 aromatic heterocycles. The number of aromatic hydroxyl groups is 1. The van der Waals surface area contributed by atoms with Gasteiger partial charge in [-0.1, -0.05) is 45.9 Å². The molecular formula is C19H25N3O2. The van der Waals surface area contributed by atoms with Crippen molar-refractivity contribution in [2.75, 3.05) is 0 Å². The van der Waals surface area contributed by atoms with Crippen molar-refractivity contribution in [1.82, 2.24) is 14.8 Å². The van der Waals surface area contributed by atoms with Gasteiger partial charge in [0.25, 0.3) is 0 Å². The Bertz CT molecular complexity index is 724. The molecule has 5 nitrogen and oxygen atoms in total. The average molecular weight is 327 g/mol. The Morgan fingerprint density at radius 2 is 1.62 bits per heavy atom. The molecule has 1 heterocycles. The number of hydrogen-bond donors (Lipinski definition) is 1. The second-order valence-corrected chi connectivity index (χ2v) is 4.30. The van der Waals surface area contributed by atoms with E-state index < -0.39 is 0 Å². The van der Waals surface area contributed by atoms with E-state index in [0.717, 1.165) is 5.69 Å². The summed E-state index contributed by atoms with van der Waals surface area (Å²) in [6.07, 6.45) is 1.62. The van der Waals surface area contributed by atoms with Gasteiger partial charge in [0.1, 0.15) is 17.9 Å². The molecular weight excluding hydrogens is 302 g/mol. The molecule has 0 fully saturated rings. The van der Waals surface area contributed by atoms with Crippen molar-refractivity contribution in [2.24, 2.45) is 0 Å². The van der Waals surface area contributed by atoms with Crippen molar-refractivity contribution < 1.29 is 9.84 Å². The molecule has 0 saturated heterocycles. The van der Waals surface area contributed by atoms with Crippen LogP contribution in [0.25, 0.3) is 5.69 Å². The normalized spacial score (nSPS) is 9.21. The standard InChI is InChI=1S/C15H13N3O2.2C2H6/c1-11-16-10-18(17-11)12-7-8-14(19)15(9-12)20-13-5-3-2-4-6-13;2*1-2/h2-10,19H,1H3;2*1-2H3.